The molecule has 3 atom stereocenters. The van der Waals surface area contributed by atoms with Crippen LogP contribution < -0.4 is 10.6 Å². The molecule has 1 unspecified atom stereocenters. The first-order chi connectivity index (χ1) is 7.82. The molecule has 1 fully saturated rings. The molecule has 1 aliphatic heterocycles. The standard InChI is InChI=1S/C14H28N2O/c1-10-8-15-9-12(10)6-7-16-13(17)11(2)14(3,4)5/h10-12,15H,6-9H2,1-5H3,(H,16,17)/t10-,11?,12-/m1/s1. The largest absolute Gasteiger partial charge is 0.356 e. The van der Waals surface area contributed by atoms with Gasteiger partial charge in [0, 0.05) is 12.5 Å². The lowest BCUT2D eigenvalue weighted by Crippen LogP contribution is -2.37. The van der Waals surface area contributed by atoms with Gasteiger partial charge in [-0.2, -0.15) is 0 Å². The lowest BCUT2D eigenvalue weighted by Gasteiger charge is -2.26. The summed E-state index contributed by atoms with van der Waals surface area (Å²) in [6.07, 6.45) is 1.09. The van der Waals surface area contributed by atoms with Crippen molar-refractivity contribution in [2.45, 2.75) is 41.0 Å². The first kappa shape index (κ1) is 14.5. The van der Waals surface area contributed by atoms with Crippen LogP contribution >= 0.6 is 0 Å². The highest BCUT2D eigenvalue weighted by Gasteiger charge is 2.27. The molecule has 0 bridgehead atoms. The first-order valence-electron chi connectivity index (χ1n) is 6.80. The molecule has 100 valence electrons. The number of carbonyl (C=O) groups excluding carboxylic acids is 1. The Kier molecular flexibility index (Phi) is 4.99. The Hall–Kier alpha value is -0.570. The monoisotopic (exact) mass is 240 g/mol. The summed E-state index contributed by atoms with van der Waals surface area (Å²) in [5.74, 6) is 1.73. The topological polar surface area (TPSA) is 41.1 Å². The van der Waals surface area contributed by atoms with Gasteiger partial charge >= 0.3 is 0 Å². The van der Waals surface area contributed by atoms with Gasteiger partial charge in [0.25, 0.3) is 0 Å². The summed E-state index contributed by atoms with van der Waals surface area (Å²) < 4.78 is 0. The molecule has 0 radical (unpaired) electrons. The third-order valence-corrected chi connectivity index (χ3v) is 4.18. The van der Waals surface area contributed by atoms with Gasteiger partial charge in [-0.05, 0) is 36.8 Å². The lowest BCUT2D eigenvalue weighted by molar-refractivity contribution is -0.127. The van der Waals surface area contributed by atoms with E-state index in [-0.39, 0.29) is 17.2 Å². The van der Waals surface area contributed by atoms with E-state index in [0.29, 0.717) is 0 Å². The molecule has 17 heavy (non-hydrogen) atoms. The van der Waals surface area contributed by atoms with E-state index >= 15 is 0 Å². The molecule has 3 nitrogen and oxygen atoms in total. The summed E-state index contributed by atoms with van der Waals surface area (Å²) in [5, 5.41) is 6.46. The second kappa shape index (κ2) is 5.85. The Morgan fingerprint density at radius 1 is 1.41 bits per heavy atom. The van der Waals surface area contributed by atoms with Crippen molar-refractivity contribution in [3.8, 4) is 0 Å². The van der Waals surface area contributed by atoms with Gasteiger partial charge in [0.2, 0.25) is 5.91 Å². The summed E-state index contributed by atoms with van der Waals surface area (Å²) in [6, 6.07) is 0. The molecular formula is C14H28N2O. The Labute approximate surface area is 106 Å². The SMILES string of the molecule is CC(C(=O)NCC[C@@H]1CNC[C@H]1C)C(C)(C)C. The third-order valence-electron chi connectivity index (χ3n) is 4.18. The molecule has 0 spiro atoms. The Balaban J connectivity index is 2.24. The molecule has 0 aromatic heterocycles. The molecule has 0 aliphatic carbocycles. The summed E-state index contributed by atoms with van der Waals surface area (Å²) in [6.45, 7) is 13.7. The van der Waals surface area contributed by atoms with Crippen LogP contribution in [0.5, 0.6) is 0 Å². The van der Waals surface area contributed by atoms with Crippen LogP contribution in [-0.2, 0) is 4.79 Å². The van der Waals surface area contributed by atoms with Gasteiger partial charge in [0.15, 0.2) is 0 Å². The molecule has 1 aliphatic rings. The highest BCUT2D eigenvalue weighted by molar-refractivity contribution is 5.78. The van der Waals surface area contributed by atoms with E-state index in [1.54, 1.807) is 0 Å². The fourth-order valence-corrected chi connectivity index (χ4v) is 2.18. The molecule has 2 N–H and O–H groups in total. The molecule has 1 rings (SSSR count). The molecular weight excluding hydrogens is 212 g/mol. The van der Waals surface area contributed by atoms with Crippen molar-refractivity contribution in [1.82, 2.24) is 10.6 Å². The highest BCUT2D eigenvalue weighted by atomic mass is 16.1. The highest BCUT2D eigenvalue weighted by Crippen LogP contribution is 2.25. The van der Waals surface area contributed by atoms with Gasteiger partial charge in [-0.3, -0.25) is 4.79 Å². The van der Waals surface area contributed by atoms with E-state index < -0.39 is 0 Å². The Bertz CT molecular complexity index is 257. The fraction of sp³-hybridized carbons (Fsp3) is 0.929. The second-order valence-electron chi connectivity index (χ2n) is 6.56. The maximum Gasteiger partial charge on any atom is 0.223 e. The van der Waals surface area contributed by atoms with Crippen LogP contribution in [0.15, 0.2) is 0 Å². The van der Waals surface area contributed by atoms with E-state index in [4.69, 9.17) is 0 Å². The van der Waals surface area contributed by atoms with Crippen LogP contribution in [-0.4, -0.2) is 25.5 Å². The van der Waals surface area contributed by atoms with Crippen LogP contribution in [0.4, 0.5) is 0 Å². The minimum absolute atomic E-state index is 0.0479. The summed E-state index contributed by atoms with van der Waals surface area (Å²) >= 11 is 0. The van der Waals surface area contributed by atoms with E-state index in [1.807, 2.05) is 6.92 Å². The van der Waals surface area contributed by atoms with Gasteiger partial charge in [-0.25, -0.2) is 0 Å². The Morgan fingerprint density at radius 3 is 2.53 bits per heavy atom. The van der Waals surface area contributed by atoms with Crippen LogP contribution in [0.2, 0.25) is 0 Å². The molecule has 1 heterocycles. The number of hydrogen-bond donors (Lipinski definition) is 2. The van der Waals surface area contributed by atoms with E-state index in [2.05, 4.69) is 38.3 Å². The normalized spacial score (nSPS) is 26.9. The smallest absolute Gasteiger partial charge is 0.223 e. The molecule has 0 aromatic rings. The van der Waals surface area contributed by atoms with Gasteiger partial charge in [-0.1, -0.05) is 34.6 Å². The van der Waals surface area contributed by atoms with Crippen molar-refractivity contribution in [3.63, 3.8) is 0 Å². The summed E-state index contributed by atoms with van der Waals surface area (Å²) in [4.78, 5) is 11.9. The number of amides is 1. The van der Waals surface area contributed by atoms with Crippen molar-refractivity contribution in [2.24, 2.45) is 23.2 Å². The van der Waals surface area contributed by atoms with Crippen LogP contribution in [0.1, 0.15) is 41.0 Å². The van der Waals surface area contributed by atoms with Crippen molar-refractivity contribution >= 4 is 5.91 Å². The van der Waals surface area contributed by atoms with E-state index in [0.717, 1.165) is 37.9 Å². The minimum atomic E-state index is 0.0479. The number of hydrogen-bond acceptors (Lipinski definition) is 2. The quantitative estimate of drug-likeness (QED) is 0.789. The average molecular weight is 240 g/mol. The molecule has 0 aromatic carbocycles. The molecule has 1 amide bonds. The fourth-order valence-electron chi connectivity index (χ4n) is 2.18. The van der Waals surface area contributed by atoms with Crippen LogP contribution in [0.25, 0.3) is 0 Å². The molecule has 1 saturated heterocycles. The Morgan fingerprint density at radius 2 is 2.06 bits per heavy atom. The van der Waals surface area contributed by atoms with Crippen molar-refractivity contribution < 1.29 is 4.79 Å². The summed E-state index contributed by atoms with van der Waals surface area (Å²) in [5.41, 5.74) is 0.0479. The van der Waals surface area contributed by atoms with Crippen molar-refractivity contribution in [2.75, 3.05) is 19.6 Å². The minimum Gasteiger partial charge on any atom is -0.356 e. The number of carbonyl (C=O) groups is 1. The van der Waals surface area contributed by atoms with Gasteiger partial charge in [0.05, 0.1) is 0 Å². The number of rotatable bonds is 4. The molecule has 0 saturated carbocycles. The van der Waals surface area contributed by atoms with E-state index in [1.165, 1.54) is 0 Å². The second-order valence-corrected chi connectivity index (χ2v) is 6.56. The van der Waals surface area contributed by atoms with Gasteiger partial charge in [-0.15, -0.1) is 0 Å². The average Bonchev–Trinajstić information content (AvgIpc) is 2.62. The maximum atomic E-state index is 11.9. The zero-order valence-electron chi connectivity index (χ0n) is 12.0. The zero-order valence-corrected chi connectivity index (χ0v) is 12.0. The van der Waals surface area contributed by atoms with Crippen LogP contribution in [0.3, 0.4) is 0 Å². The first-order valence-corrected chi connectivity index (χ1v) is 6.80. The maximum absolute atomic E-state index is 11.9. The lowest BCUT2D eigenvalue weighted by atomic mass is 9.81. The molecule has 3 heteroatoms. The number of nitrogens with one attached hydrogen (secondary N) is 2. The van der Waals surface area contributed by atoms with Gasteiger partial charge in [0.1, 0.15) is 0 Å². The summed E-state index contributed by atoms with van der Waals surface area (Å²) in [7, 11) is 0. The van der Waals surface area contributed by atoms with E-state index in [9.17, 15) is 4.79 Å². The predicted octanol–water partition coefficient (Wildman–Crippen LogP) is 2.03. The third kappa shape index (κ3) is 4.30. The van der Waals surface area contributed by atoms with Crippen molar-refractivity contribution in [3.05, 3.63) is 0 Å². The van der Waals surface area contributed by atoms with Crippen molar-refractivity contribution in [1.29, 1.82) is 0 Å². The zero-order chi connectivity index (χ0) is 13.1. The van der Waals surface area contributed by atoms with Gasteiger partial charge < -0.3 is 10.6 Å². The van der Waals surface area contributed by atoms with Crippen LogP contribution in [0, 0.1) is 23.2 Å². The predicted molar refractivity (Wildman–Crippen MR) is 71.8 cm³/mol.